The summed E-state index contributed by atoms with van der Waals surface area (Å²) in [6.07, 6.45) is 1.09. The van der Waals surface area contributed by atoms with E-state index in [2.05, 4.69) is 45.1 Å². The lowest BCUT2D eigenvalue weighted by Gasteiger charge is -2.19. The molecule has 1 amide bonds. The summed E-state index contributed by atoms with van der Waals surface area (Å²) in [4.78, 5) is 12.4. The Bertz CT molecular complexity index is 730. The molecule has 2 aromatic rings. The number of nitrogens with one attached hydrogen (secondary N) is 1. The van der Waals surface area contributed by atoms with Crippen molar-refractivity contribution in [3.05, 3.63) is 59.7 Å². The Morgan fingerprint density at radius 2 is 1.57 bits per heavy atom. The number of carbonyl (C=O) groups is 1. The highest BCUT2D eigenvalue weighted by Crippen LogP contribution is 2.24. The molecular weight excluding hydrogens is 350 g/mol. The minimum absolute atomic E-state index is 0.117. The van der Waals surface area contributed by atoms with Crippen LogP contribution in [0.3, 0.4) is 0 Å². The van der Waals surface area contributed by atoms with Crippen molar-refractivity contribution < 1.29 is 14.3 Å². The first-order valence-electron chi connectivity index (χ1n) is 10.1. The van der Waals surface area contributed by atoms with Crippen molar-refractivity contribution in [3.63, 3.8) is 0 Å². The second-order valence-electron chi connectivity index (χ2n) is 7.93. The number of aryl methyl sites for hydroxylation is 1. The molecule has 4 nitrogen and oxygen atoms in total. The van der Waals surface area contributed by atoms with Gasteiger partial charge in [-0.25, -0.2) is 0 Å². The van der Waals surface area contributed by atoms with Gasteiger partial charge in [0.1, 0.15) is 18.1 Å². The Hall–Kier alpha value is -2.49. The minimum Gasteiger partial charge on any atom is -0.492 e. The van der Waals surface area contributed by atoms with E-state index in [1.54, 1.807) is 0 Å². The van der Waals surface area contributed by atoms with Gasteiger partial charge in [0.25, 0.3) is 5.91 Å². The van der Waals surface area contributed by atoms with E-state index in [1.165, 1.54) is 11.1 Å². The van der Waals surface area contributed by atoms with Crippen molar-refractivity contribution in [2.45, 2.75) is 59.0 Å². The summed E-state index contributed by atoms with van der Waals surface area (Å²) >= 11 is 0. The van der Waals surface area contributed by atoms with E-state index in [9.17, 15) is 4.79 Å². The topological polar surface area (TPSA) is 47.6 Å². The first kappa shape index (κ1) is 21.8. The molecule has 4 heteroatoms. The lowest BCUT2D eigenvalue weighted by molar-refractivity contribution is -0.128. The van der Waals surface area contributed by atoms with Crippen LogP contribution in [0.2, 0.25) is 0 Å². The van der Waals surface area contributed by atoms with Crippen LogP contribution in [0.5, 0.6) is 11.5 Å². The molecule has 0 saturated heterocycles. The standard InChI is InChI=1S/C24H33NO3/c1-6-18-8-12-21(13-9-18)28-22(7-2)23(26)25-16-17-27-20-14-10-19(11-15-20)24(3,4)5/h8-15,22H,6-7,16-17H2,1-5H3,(H,25,26)/t22-/m1/s1. The van der Waals surface area contributed by atoms with Gasteiger partial charge in [0.15, 0.2) is 6.10 Å². The molecule has 2 rings (SSSR count). The van der Waals surface area contributed by atoms with Crippen LogP contribution in [-0.4, -0.2) is 25.2 Å². The Morgan fingerprint density at radius 1 is 0.964 bits per heavy atom. The van der Waals surface area contributed by atoms with E-state index < -0.39 is 6.10 Å². The van der Waals surface area contributed by atoms with Crippen molar-refractivity contribution in [1.29, 1.82) is 0 Å². The van der Waals surface area contributed by atoms with Crippen molar-refractivity contribution >= 4 is 5.91 Å². The van der Waals surface area contributed by atoms with Crippen LogP contribution in [0.25, 0.3) is 0 Å². The molecule has 1 N–H and O–H groups in total. The molecule has 0 aromatic heterocycles. The molecule has 0 spiro atoms. The average molecular weight is 384 g/mol. The van der Waals surface area contributed by atoms with Gasteiger partial charge in [0.05, 0.1) is 6.54 Å². The number of amides is 1. The predicted octanol–water partition coefficient (Wildman–Crippen LogP) is 4.90. The van der Waals surface area contributed by atoms with Crippen LogP contribution in [-0.2, 0) is 16.6 Å². The van der Waals surface area contributed by atoms with Gasteiger partial charge in [-0.1, -0.05) is 58.9 Å². The van der Waals surface area contributed by atoms with Gasteiger partial charge < -0.3 is 14.8 Å². The number of hydrogen-bond acceptors (Lipinski definition) is 3. The first-order valence-corrected chi connectivity index (χ1v) is 10.1. The lowest BCUT2D eigenvalue weighted by atomic mass is 9.87. The Morgan fingerprint density at radius 3 is 2.11 bits per heavy atom. The molecule has 0 fully saturated rings. The maximum Gasteiger partial charge on any atom is 0.261 e. The highest BCUT2D eigenvalue weighted by atomic mass is 16.5. The number of rotatable bonds is 9. The molecule has 0 aliphatic rings. The highest BCUT2D eigenvalue weighted by molar-refractivity contribution is 5.81. The summed E-state index contributed by atoms with van der Waals surface area (Å²) < 4.78 is 11.6. The lowest BCUT2D eigenvalue weighted by Crippen LogP contribution is -2.39. The fourth-order valence-corrected chi connectivity index (χ4v) is 2.80. The average Bonchev–Trinajstić information content (AvgIpc) is 2.69. The Balaban J connectivity index is 1.76. The van der Waals surface area contributed by atoms with E-state index in [0.29, 0.717) is 19.6 Å². The van der Waals surface area contributed by atoms with Crippen molar-refractivity contribution in [1.82, 2.24) is 5.32 Å². The van der Waals surface area contributed by atoms with Gasteiger partial charge in [-0.3, -0.25) is 4.79 Å². The van der Waals surface area contributed by atoms with E-state index in [1.807, 2.05) is 43.3 Å². The second kappa shape index (κ2) is 10.2. The molecule has 28 heavy (non-hydrogen) atoms. The first-order chi connectivity index (χ1) is 13.3. The molecule has 0 bridgehead atoms. The van der Waals surface area contributed by atoms with Crippen LogP contribution >= 0.6 is 0 Å². The molecule has 2 aromatic carbocycles. The second-order valence-corrected chi connectivity index (χ2v) is 7.93. The molecule has 1 atom stereocenters. The zero-order chi connectivity index (χ0) is 20.6. The molecule has 0 unspecified atom stereocenters. The third-order valence-electron chi connectivity index (χ3n) is 4.66. The Labute approximate surface area is 169 Å². The van der Waals surface area contributed by atoms with Crippen LogP contribution in [0.1, 0.15) is 52.2 Å². The summed E-state index contributed by atoms with van der Waals surface area (Å²) in [5.41, 5.74) is 2.64. The molecular formula is C24H33NO3. The van der Waals surface area contributed by atoms with E-state index >= 15 is 0 Å². The summed E-state index contributed by atoms with van der Waals surface area (Å²) in [5.74, 6) is 1.41. The molecule has 0 aliphatic carbocycles. The monoisotopic (exact) mass is 383 g/mol. The van der Waals surface area contributed by atoms with Crippen LogP contribution < -0.4 is 14.8 Å². The molecule has 0 aliphatic heterocycles. The zero-order valence-corrected chi connectivity index (χ0v) is 17.7. The fourth-order valence-electron chi connectivity index (χ4n) is 2.80. The molecule has 0 radical (unpaired) electrons. The van der Waals surface area contributed by atoms with E-state index in [4.69, 9.17) is 9.47 Å². The fraction of sp³-hybridized carbons (Fsp3) is 0.458. The largest absolute Gasteiger partial charge is 0.492 e. The normalized spacial score (nSPS) is 12.3. The Kier molecular flexibility index (Phi) is 7.91. The summed E-state index contributed by atoms with van der Waals surface area (Å²) in [7, 11) is 0. The van der Waals surface area contributed by atoms with Crippen molar-refractivity contribution in [2.75, 3.05) is 13.2 Å². The maximum atomic E-state index is 12.4. The van der Waals surface area contributed by atoms with Crippen LogP contribution in [0.4, 0.5) is 0 Å². The smallest absolute Gasteiger partial charge is 0.261 e. The quantitative estimate of drug-likeness (QED) is 0.627. The summed E-state index contributed by atoms with van der Waals surface area (Å²) in [5, 5.41) is 2.89. The minimum atomic E-state index is -0.501. The summed E-state index contributed by atoms with van der Waals surface area (Å²) in [6, 6.07) is 16.0. The van der Waals surface area contributed by atoms with Gasteiger partial charge >= 0.3 is 0 Å². The van der Waals surface area contributed by atoms with Crippen LogP contribution in [0, 0.1) is 0 Å². The third kappa shape index (κ3) is 6.59. The van der Waals surface area contributed by atoms with Crippen molar-refractivity contribution in [2.24, 2.45) is 0 Å². The third-order valence-corrected chi connectivity index (χ3v) is 4.66. The number of ether oxygens (including phenoxy) is 2. The number of hydrogen-bond donors (Lipinski definition) is 1. The van der Waals surface area contributed by atoms with E-state index in [0.717, 1.165) is 17.9 Å². The summed E-state index contributed by atoms with van der Waals surface area (Å²) in [6.45, 7) is 11.5. The molecule has 0 heterocycles. The molecule has 0 saturated carbocycles. The number of benzene rings is 2. The van der Waals surface area contributed by atoms with Crippen LogP contribution in [0.15, 0.2) is 48.5 Å². The highest BCUT2D eigenvalue weighted by Gasteiger charge is 2.18. The zero-order valence-electron chi connectivity index (χ0n) is 17.7. The number of carbonyl (C=O) groups excluding carboxylic acids is 1. The maximum absolute atomic E-state index is 12.4. The SMILES string of the molecule is CCc1ccc(O[C@H](CC)C(=O)NCCOc2ccc(C(C)(C)C)cc2)cc1. The van der Waals surface area contributed by atoms with Gasteiger partial charge in [-0.15, -0.1) is 0 Å². The van der Waals surface area contributed by atoms with Gasteiger partial charge in [0, 0.05) is 0 Å². The van der Waals surface area contributed by atoms with Crippen molar-refractivity contribution in [3.8, 4) is 11.5 Å². The van der Waals surface area contributed by atoms with Gasteiger partial charge in [-0.05, 0) is 53.6 Å². The van der Waals surface area contributed by atoms with Gasteiger partial charge in [0.2, 0.25) is 0 Å². The predicted molar refractivity (Wildman–Crippen MR) is 114 cm³/mol. The molecule has 152 valence electrons. The van der Waals surface area contributed by atoms with Gasteiger partial charge in [-0.2, -0.15) is 0 Å². The van der Waals surface area contributed by atoms with E-state index in [-0.39, 0.29) is 11.3 Å².